The highest BCUT2D eigenvalue weighted by molar-refractivity contribution is 7.20. The van der Waals surface area contributed by atoms with Crippen LogP contribution in [0.1, 0.15) is 16.1 Å². The zero-order valence-corrected chi connectivity index (χ0v) is 16.4. The molecule has 0 spiro atoms. The van der Waals surface area contributed by atoms with Gasteiger partial charge in [-0.25, -0.2) is 4.98 Å². The fourth-order valence-electron chi connectivity index (χ4n) is 4.00. The molecule has 0 bridgehead atoms. The lowest BCUT2D eigenvalue weighted by Gasteiger charge is -2.05. The van der Waals surface area contributed by atoms with Crippen LogP contribution in [0.3, 0.4) is 0 Å². The van der Waals surface area contributed by atoms with E-state index in [-0.39, 0.29) is 5.91 Å². The smallest absolute Gasteiger partial charge is 0.257 e. The van der Waals surface area contributed by atoms with E-state index in [1.807, 2.05) is 37.3 Å². The van der Waals surface area contributed by atoms with Crippen LogP contribution in [0.4, 0.5) is 5.13 Å². The summed E-state index contributed by atoms with van der Waals surface area (Å²) in [6.07, 6.45) is 0. The predicted molar refractivity (Wildman–Crippen MR) is 118 cm³/mol. The second-order valence-electron chi connectivity index (χ2n) is 7.22. The number of hydrogen-bond acceptors (Lipinski definition) is 4. The van der Waals surface area contributed by atoms with Crippen molar-refractivity contribution in [3.8, 4) is 21.7 Å². The van der Waals surface area contributed by atoms with Gasteiger partial charge in [0.2, 0.25) is 0 Å². The summed E-state index contributed by atoms with van der Waals surface area (Å²) in [5.41, 5.74) is 5.60. The van der Waals surface area contributed by atoms with Crippen LogP contribution in [0.5, 0.6) is 0 Å². The minimum atomic E-state index is -0.172. The highest BCUT2D eigenvalue weighted by atomic mass is 32.1. The molecule has 2 heterocycles. The number of anilines is 1. The van der Waals surface area contributed by atoms with Crippen molar-refractivity contribution in [3.63, 3.8) is 0 Å². The average Bonchev–Trinajstić information content (AvgIpc) is 3.27. The van der Waals surface area contributed by atoms with Gasteiger partial charge >= 0.3 is 0 Å². The molecule has 0 aliphatic heterocycles. The molecule has 1 N–H and O–H groups in total. The number of amides is 1. The van der Waals surface area contributed by atoms with Crippen molar-refractivity contribution in [3.05, 3.63) is 78.0 Å². The summed E-state index contributed by atoms with van der Waals surface area (Å²) in [6.45, 7) is 1.95. The molecule has 0 saturated carbocycles. The standard InChI is InChI=1S/C24H15N3OS/c1-13-8-9-14-10-11-16(12-19(14)25-13)23(28)27-24-26-21-17-6-2-4-15-5-3-7-18(20(15)17)22(21)29-24/h2-12H,1H3,(H,26,27,28). The van der Waals surface area contributed by atoms with Crippen LogP contribution in [-0.4, -0.2) is 15.9 Å². The second kappa shape index (κ2) is 5.96. The first-order valence-corrected chi connectivity index (χ1v) is 10.2. The number of nitrogens with zero attached hydrogens (tertiary/aromatic N) is 2. The lowest BCUT2D eigenvalue weighted by atomic mass is 10.0. The van der Waals surface area contributed by atoms with Gasteiger partial charge in [-0.2, -0.15) is 0 Å². The van der Waals surface area contributed by atoms with Crippen LogP contribution in [0.25, 0.3) is 43.4 Å². The second-order valence-corrected chi connectivity index (χ2v) is 8.22. The molecule has 5 heteroatoms. The first-order valence-electron chi connectivity index (χ1n) is 9.39. The molecule has 138 valence electrons. The largest absolute Gasteiger partial charge is 0.298 e. The van der Waals surface area contributed by atoms with E-state index in [0.29, 0.717) is 10.7 Å². The molecule has 0 radical (unpaired) electrons. The summed E-state index contributed by atoms with van der Waals surface area (Å²) in [4.78, 5) is 23.2. The monoisotopic (exact) mass is 393 g/mol. The Hall–Kier alpha value is -3.57. The van der Waals surface area contributed by atoms with E-state index in [4.69, 9.17) is 4.98 Å². The number of thiazole rings is 1. The zero-order chi connectivity index (χ0) is 19.5. The summed E-state index contributed by atoms with van der Waals surface area (Å²) in [5, 5.41) is 7.07. The van der Waals surface area contributed by atoms with E-state index in [1.165, 1.54) is 27.7 Å². The van der Waals surface area contributed by atoms with Crippen LogP contribution in [-0.2, 0) is 0 Å². The number of benzene rings is 3. The molecule has 1 aliphatic carbocycles. The van der Waals surface area contributed by atoms with Gasteiger partial charge in [-0.05, 0) is 35.9 Å². The molecular weight excluding hydrogens is 378 g/mol. The van der Waals surface area contributed by atoms with Crippen molar-refractivity contribution < 1.29 is 4.79 Å². The summed E-state index contributed by atoms with van der Waals surface area (Å²) in [6, 6.07) is 22.2. The molecule has 0 atom stereocenters. The minimum Gasteiger partial charge on any atom is -0.298 e. The van der Waals surface area contributed by atoms with Crippen molar-refractivity contribution in [2.24, 2.45) is 0 Å². The molecule has 5 aromatic rings. The summed E-state index contributed by atoms with van der Waals surface area (Å²) < 4.78 is 0. The van der Waals surface area contributed by atoms with Crippen molar-refractivity contribution in [1.29, 1.82) is 0 Å². The SMILES string of the molecule is Cc1ccc2ccc(C(=O)Nc3nc4c(s3)-c3cccc5cccc-4c35)cc2n1. The molecular formula is C24H15N3OS. The van der Waals surface area contributed by atoms with E-state index < -0.39 is 0 Å². The van der Waals surface area contributed by atoms with Crippen molar-refractivity contribution in [2.75, 3.05) is 5.32 Å². The molecule has 0 fully saturated rings. The van der Waals surface area contributed by atoms with Crippen molar-refractivity contribution in [1.82, 2.24) is 9.97 Å². The Labute approximate surface area is 170 Å². The third kappa shape index (κ3) is 2.48. The van der Waals surface area contributed by atoms with Crippen LogP contribution in [0.15, 0.2) is 66.7 Å². The van der Waals surface area contributed by atoms with Gasteiger partial charge in [0, 0.05) is 27.8 Å². The third-order valence-corrected chi connectivity index (χ3v) is 6.35. The van der Waals surface area contributed by atoms with E-state index in [0.717, 1.165) is 32.7 Å². The van der Waals surface area contributed by atoms with Crippen LogP contribution in [0, 0.1) is 6.92 Å². The third-order valence-electron chi connectivity index (χ3n) is 5.35. The fourth-order valence-corrected chi connectivity index (χ4v) is 5.00. The Balaban J connectivity index is 1.36. The summed E-state index contributed by atoms with van der Waals surface area (Å²) >= 11 is 1.52. The van der Waals surface area contributed by atoms with Gasteiger partial charge in [0.1, 0.15) is 0 Å². The average molecular weight is 393 g/mol. The number of rotatable bonds is 2. The van der Waals surface area contributed by atoms with Crippen LogP contribution in [0.2, 0.25) is 0 Å². The number of pyridine rings is 1. The number of aryl methyl sites for hydroxylation is 1. The molecule has 3 aromatic carbocycles. The summed E-state index contributed by atoms with van der Waals surface area (Å²) in [5.74, 6) is -0.172. The van der Waals surface area contributed by atoms with Crippen molar-refractivity contribution in [2.45, 2.75) is 6.92 Å². The lowest BCUT2D eigenvalue weighted by molar-refractivity contribution is 0.102. The Morgan fingerprint density at radius 1 is 0.897 bits per heavy atom. The Kier molecular flexibility index (Phi) is 3.37. The van der Waals surface area contributed by atoms with Gasteiger partial charge in [0.15, 0.2) is 5.13 Å². The molecule has 29 heavy (non-hydrogen) atoms. The van der Waals surface area contributed by atoms with Gasteiger partial charge in [-0.1, -0.05) is 59.9 Å². The van der Waals surface area contributed by atoms with E-state index in [2.05, 4.69) is 46.7 Å². The number of carbonyl (C=O) groups is 1. The molecule has 1 aliphatic rings. The molecule has 6 rings (SSSR count). The van der Waals surface area contributed by atoms with Crippen LogP contribution >= 0.6 is 11.3 Å². The quantitative estimate of drug-likeness (QED) is 0.389. The summed E-state index contributed by atoms with van der Waals surface area (Å²) in [7, 11) is 0. The highest BCUT2D eigenvalue weighted by Crippen LogP contribution is 2.50. The number of hydrogen-bond donors (Lipinski definition) is 1. The van der Waals surface area contributed by atoms with Gasteiger partial charge in [0.05, 0.1) is 16.1 Å². The number of carbonyl (C=O) groups excluding carboxylic acids is 1. The molecule has 0 unspecified atom stereocenters. The Morgan fingerprint density at radius 2 is 1.69 bits per heavy atom. The number of fused-ring (bicyclic) bond motifs is 4. The van der Waals surface area contributed by atoms with E-state index >= 15 is 0 Å². The molecule has 2 aromatic heterocycles. The topological polar surface area (TPSA) is 54.9 Å². The first-order chi connectivity index (χ1) is 14.2. The van der Waals surface area contributed by atoms with Crippen LogP contribution < -0.4 is 5.32 Å². The van der Waals surface area contributed by atoms with Crippen molar-refractivity contribution >= 4 is 44.1 Å². The number of nitrogens with one attached hydrogen (secondary N) is 1. The molecule has 1 amide bonds. The maximum atomic E-state index is 12.8. The van der Waals surface area contributed by atoms with Gasteiger partial charge < -0.3 is 0 Å². The normalized spacial score (nSPS) is 11.8. The first kappa shape index (κ1) is 16.4. The Bertz CT molecular complexity index is 1410. The fraction of sp³-hybridized carbons (Fsp3) is 0.0417. The zero-order valence-electron chi connectivity index (χ0n) is 15.6. The molecule has 0 saturated heterocycles. The maximum absolute atomic E-state index is 12.8. The Morgan fingerprint density at radius 3 is 2.55 bits per heavy atom. The minimum absolute atomic E-state index is 0.172. The lowest BCUT2D eigenvalue weighted by Crippen LogP contribution is -2.11. The van der Waals surface area contributed by atoms with Gasteiger partial charge in [-0.3, -0.25) is 15.1 Å². The maximum Gasteiger partial charge on any atom is 0.257 e. The number of aromatic nitrogens is 2. The van der Waals surface area contributed by atoms with Gasteiger partial charge in [0.25, 0.3) is 5.91 Å². The predicted octanol–water partition coefficient (Wildman–Crippen LogP) is 6.05. The molecule has 4 nitrogen and oxygen atoms in total. The van der Waals surface area contributed by atoms with E-state index in [1.54, 1.807) is 0 Å². The van der Waals surface area contributed by atoms with Gasteiger partial charge in [-0.15, -0.1) is 0 Å². The highest BCUT2D eigenvalue weighted by Gasteiger charge is 2.26. The van der Waals surface area contributed by atoms with E-state index in [9.17, 15) is 4.79 Å².